The van der Waals surface area contributed by atoms with E-state index in [4.69, 9.17) is 9.47 Å². The van der Waals surface area contributed by atoms with E-state index in [9.17, 15) is 9.59 Å². The highest BCUT2D eigenvalue weighted by molar-refractivity contribution is 5.75. The van der Waals surface area contributed by atoms with Gasteiger partial charge >= 0.3 is 6.09 Å². The normalized spacial score (nSPS) is 12.0. The third kappa shape index (κ3) is 14.1. The lowest BCUT2D eigenvalue weighted by molar-refractivity contribution is -0.130. The lowest BCUT2D eigenvalue weighted by Gasteiger charge is -2.20. The summed E-state index contributed by atoms with van der Waals surface area (Å²) < 4.78 is 11.4. The number of nitrogens with zero attached hydrogens (tertiary/aromatic N) is 1. The van der Waals surface area contributed by atoms with E-state index in [1.807, 2.05) is 52.1 Å². The van der Waals surface area contributed by atoms with E-state index in [2.05, 4.69) is 42.6 Å². The Morgan fingerprint density at radius 1 is 0.897 bits per heavy atom. The molecular weight excluding hydrogens is 488 g/mol. The highest BCUT2D eigenvalue weighted by Gasteiger charge is 2.16. The van der Waals surface area contributed by atoms with Gasteiger partial charge in [-0.15, -0.1) is 0 Å². The molecule has 2 amide bonds. The molecule has 6 nitrogen and oxygen atoms in total. The van der Waals surface area contributed by atoms with Crippen molar-refractivity contribution in [1.29, 1.82) is 0 Å². The van der Waals surface area contributed by atoms with Crippen molar-refractivity contribution in [3.8, 4) is 5.75 Å². The van der Waals surface area contributed by atoms with Crippen LogP contribution in [0.5, 0.6) is 5.75 Å². The molecule has 0 aliphatic carbocycles. The van der Waals surface area contributed by atoms with Crippen LogP contribution in [0.15, 0.2) is 54.6 Å². The van der Waals surface area contributed by atoms with Gasteiger partial charge in [-0.2, -0.15) is 0 Å². The van der Waals surface area contributed by atoms with Gasteiger partial charge in [-0.25, -0.2) is 4.79 Å². The molecule has 0 heterocycles. The molecule has 0 saturated carbocycles. The molecule has 1 atom stereocenters. The Hall–Kier alpha value is -3.02. The standard InChI is InChI=1S/C33H50N2O4/c1-6-7-8-11-18-29(28-16-12-9-13-17-28)26-38-30-22-20-27(21-23-30)25-35(5)31(36)19-14-10-15-24-34-32(37)39-33(2,3)4/h9,12-13,16-17,20-23,29H,6-8,10-11,14-15,18-19,24-26H2,1-5H3,(H,34,37). The molecule has 0 fully saturated rings. The molecule has 216 valence electrons. The molecule has 0 bridgehead atoms. The van der Waals surface area contributed by atoms with Crippen molar-refractivity contribution in [2.75, 3.05) is 20.2 Å². The molecule has 2 rings (SSSR count). The molecule has 1 unspecified atom stereocenters. The second-order valence-corrected chi connectivity index (χ2v) is 11.4. The monoisotopic (exact) mass is 538 g/mol. The molecule has 0 radical (unpaired) electrons. The summed E-state index contributed by atoms with van der Waals surface area (Å²) in [5, 5.41) is 2.76. The molecule has 6 heteroatoms. The van der Waals surface area contributed by atoms with Crippen LogP contribution >= 0.6 is 0 Å². The van der Waals surface area contributed by atoms with Crippen LogP contribution in [0.4, 0.5) is 4.79 Å². The zero-order chi connectivity index (χ0) is 28.5. The predicted molar refractivity (Wildman–Crippen MR) is 159 cm³/mol. The minimum atomic E-state index is -0.493. The van der Waals surface area contributed by atoms with Crippen LogP contribution in [0, 0.1) is 0 Å². The topological polar surface area (TPSA) is 67.9 Å². The van der Waals surface area contributed by atoms with Gasteiger partial charge in [0.15, 0.2) is 0 Å². The number of amides is 2. The fraction of sp³-hybridized carbons (Fsp3) is 0.576. The summed E-state index contributed by atoms with van der Waals surface area (Å²) in [4.78, 5) is 26.0. The van der Waals surface area contributed by atoms with Gasteiger partial charge in [-0.1, -0.05) is 81.5 Å². The first-order chi connectivity index (χ1) is 18.7. The highest BCUT2D eigenvalue weighted by atomic mass is 16.6. The summed E-state index contributed by atoms with van der Waals surface area (Å²) in [5.74, 6) is 1.38. The molecule has 0 saturated heterocycles. The van der Waals surface area contributed by atoms with Gasteiger partial charge in [0.25, 0.3) is 0 Å². The number of benzene rings is 2. The quantitative estimate of drug-likeness (QED) is 0.208. The van der Waals surface area contributed by atoms with Gasteiger partial charge < -0.3 is 19.7 Å². The van der Waals surface area contributed by atoms with Crippen molar-refractivity contribution >= 4 is 12.0 Å². The van der Waals surface area contributed by atoms with E-state index < -0.39 is 11.7 Å². The van der Waals surface area contributed by atoms with Crippen molar-refractivity contribution in [3.63, 3.8) is 0 Å². The van der Waals surface area contributed by atoms with Crippen molar-refractivity contribution in [3.05, 3.63) is 65.7 Å². The summed E-state index contributed by atoms with van der Waals surface area (Å²) in [7, 11) is 1.85. The predicted octanol–water partition coefficient (Wildman–Crippen LogP) is 7.86. The van der Waals surface area contributed by atoms with Gasteiger partial charge in [0.2, 0.25) is 5.91 Å². The highest BCUT2D eigenvalue weighted by Crippen LogP contribution is 2.25. The maximum atomic E-state index is 12.6. The van der Waals surface area contributed by atoms with Crippen LogP contribution < -0.4 is 10.1 Å². The van der Waals surface area contributed by atoms with Crippen molar-refractivity contribution in [2.45, 2.75) is 104 Å². The minimum Gasteiger partial charge on any atom is -0.493 e. The second-order valence-electron chi connectivity index (χ2n) is 11.4. The maximum absolute atomic E-state index is 12.6. The van der Waals surface area contributed by atoms with E-state index in [1.165, 1.54) is 31.2 Å². The Balaban J connectivity index is 1.70. The Bertz CT molecular complexity index is 954. The summed E-state index contributed by atoms with van der Waals surface area (Å²) in [6, 6.07) is 18.8. The molecule has 2 aromatic rings. The number of hydrogen-bond donors (Lipinski definition) is 1. The van der Waals surface area contributed by atoms with Crippen molar-refractivity contribution in [2.24, 2.45) is 0 Å². The molecule has 0 spiro atoms. The van der Waals surface area contributed by atoms with E-state index in [0.717, 1.165) is 37.0 Å². The van der Waals surface area contributed by atoms with E-state index in [1.54, 1.807) is 4.90 Å². The van der Waals surface area contributed by atoms with Crippen LogP contribution in [0.25, 0.3) is 0 Å². The summed E-state index contributed by atoms with van der Waals surface area (Å²) in [6.07, 6.45) is 8.76. The Morgan fingerprint density at radius 3 is 2.26 bits per heavy atom. The Kier molecular flexibility index (Phi) is 14.5. The van der Waals surface area contributed by atoms with Crippen molar-refractivity contribution in [1.82, 2.24) is 10.2 Å². The average molecular weight is 539 g/mol. The van der Waals surface area contributed by atoms with Gasteiger partial charge in [-0.3, -0.25) is 4.79 Å². The van der Waals surface area contributed by atoms with Crippen LogP contribution in [-0.4, -0.2) is 42.7 Å². The smallest absolute Gasteiger partial charge is 0.407 e. The largest absolute Gasteiger partial charge is 0.493 e. The van der Waals surface area contributed by atoms with Crippen LogP contribution in [0.3, 0.4) is 0 Å². The van der Waals surface area contributed by atoms with Gasteiger partial charge in [-0.05, 0) is 63.3 Å². The number of hydrogen-bond acceptors (Lipinski definition) is 4. The van der Waals surface area contributed by atoms with Crippen LogP contribution in [0.2, 0.25) is 0 Å². The third-order valence-corrected chi connectivity index (χ3v) is 6.63. The number of unbranched alkanes of at least 4 members (excludes halogenated alkanes) is 5. The first-order valence-corrected chi connectivity index (χ1v) is 14.7. The van der Waals surface area contributed by atoms with Crippen LogP contribution in [0.1, 0.15) is 103 Å². The van der Waals surface area contributed by atoms with Gasteiger partial charge in [0, 0.05) is 32.5 Å². The fourth-order valence-corrected chi connectivity index (χ4v) is 4.41. The zero-order valence-electron chi connectivity index (χ0n) is 24.8. The number of carbonyl (C=O) groups is 2. The number of ether oxygens (including phenoxy) is 2. The first-order valence-electron chi connectivity index (χ1n) is 14.7. The van der Waals surface area contributed by atoms with Gasteiger partial charge in [0.1, 0.15) is 11.4 Å². The SMILES string of the molecule is CCCCCCC(COc1ccc(CN(C)C(=O)CCCCCNC(=O)OC(C)(C)C)cc1)c1ccccc1. The molecule has 0 aromatic heterocycles. The lowest BCUT2D eigenvalue weighted by atomic mass is 9.94. The van der Waals surface area contributed by atoms with E-state index in [0.29, 0.717) is 32.0 Å². The molecule has 0 aliphatic rings. The average Bonchev–Trinajstić information content (AvgIpc) is 2.90. The lowest BCUT2D eigenvalue weighted by Crippen LogP contribution is -2.33. The summed E-state index contributed by atoms with van der Waals surface area (Å²) >= 11 is 0. The first kappa shape index (κ1) is 32.2. The second kappa shape index (κ2) is 17.5. The summed E-state index contributed by atoms with van der Waals surface area (Å²) in [6.45, 7) is 9.56. The number of alkyl carbamates (subject to hydrolysis) is 1. The van der Waals surface area contributed by atoms with E-state index >= 15 is 0 Å². The fourth-order valence-electron chi connectivity index (χ4n) is 4.41. The molecule has 2 aromatic carbocycles. The van der Waals surface area contributed by atoms with Gasteiger partial charge in [0.05, 0.1) is 6.61 Å². The molecular formula is C33H50N2O4. The molecule has 0 aliphatic heterocycles. The maximum Gasteiger partial charge on any atom is 0.407 e. The Morgan fingerprint density at radius 2 is 1.59 bits per heavy atom. The summed E-state index contributed by atoms with van der Waals surface area (Å²) in [5.41, 5.74) is 1.93. The van der Waals surface area contributed by atoms with Crippen molar-refractivity contribution < 1.29 is 19.1 Å². The van der Waals surface area contributed by atoms with E-state index in [-0.39, 0.29) is 5.91 Å². The molecule has 39 heavy (non-hydrogen) atoms. The van der Waals surface area contributed by atoms with Crippen LogP contribution in [-0.2, 0) is 16.1 Å². The zero-order valence-corrected chi connectivity index (χ0v) is 24.8. The minimum absolute atomic E-state index is 0.129. The number of carbonyl (C=O) groups excluding carboxylic acids is 2. The Labute approximate surface area is 236 Å². The third-order valence-electron chi connectivity index (χ3n) is 6.63. The molecule has 1 N–H and O–H groups in total. The number of rotatable bonds is 17. The number of nitrogens with one attached hydrogen (secondary N) is 1.